The highest BCUT2D eigenvalue weighted by atomic mass is 35.5. The Morgan fingerprint density at radius 1 is 1.35 bits per heavy atom. The van der Waals surface area contributed by atoms with E-state index in [4.69, 9.17) is 11.6 Å². The molecule has 0 spiro atoms. The van der Waals surface area contributed by atoms with E-state index in [2.05, 4.69) is 16.0 Å². The number of rotatable bonds is 5. The Morgan fingerprint density at radius 3 is 2.96 bits per heavy atom. The lowest BCUT2D eigenvalue weighted by Crippen LogP contribution is -2.48. The molecule has 3 rings (SSSR count). The molecule has 1 saturated heterocycles. The van der Waals surface area contributed by atoms with E-state index in [1.54, 1.807) is 6.07 Å². The number of carbonyl (C=O) groups excluding carboxylic acids is 2. The maximum atomic E-state index is 12.7. The Balaban J connectivity index is 0.00000243. The van der Waals surface area contributed by atoms with E-state index >= 15 is 0 Å². The van der Waals surface area contributed by atoms with Gasteiger partial charge in [0.25, 0.3) is 0 Å². The molecule has 1 saturated carbocycles. The first-order chi connectivity index (χ1) is 12.0. The third-order valence-electron chi connectivity index (χ3n) is 5.67. The Hall–Kier alpha value is -1.30. The van der Waals surface area contributed by atoms with E-state index in [0.717, 1.165) is 43.6 Å². The molecule has 2 fully saturated rings. The first-order valence-corrected chi connectivity index (χ1v) is 9.45. The van der Waals surface area contributed by atoms with Crippen molar-refractivity contribution in [1.29, 1.82) is 0 Å². The average molecular weight is 400 g/mol. The molecule has 144 valence electrons. The fourth-order valence-corrected chi connectivity index (χ4v) is 4.29. The zero-order valence-corrected chi connectivity index (χ0v) is 16.6. The second kappa shape index (κ2) is 9.07. The summed E-state index contributed by atoms with van der Waals surface area (Å²) in [5.41, 5.74) is 1.30. The Morgan fingerprint density at radius 2 is 2.15 bits per heavy atom. The number of hydrogen-bond acceptors (Lipinski definition) is 3. The van der Waals surface area contributed by atoms with Crippen LogP contribution in [0.25, 0.3) is 0 Å². The molecule has 2 aliphatic rings. The number of benzene rings is 1. The Kier molecular flexibility index (Phi) is 7.33. The lowest BCUT2D eigenvalue weighted by Gasteiger charge is -2.37. The van der Waals surface area contributed by atoms with Gasteiger partial charge in [-0.15, -0.1) is 12.4 Å². The van der Waals surface area contributed by atoms with Crippen LogP contribution < -0.4 is 16.0 Å². The van der Waals surface area contributed by atoms with Crippen LogP contribution in [-0.2, 0) is 9.59 Å². The molecule has 3 N–H and O–H groups in total. The largest absolute Gasteiger partial charge is 0.355 e. The highest BCUT2D eigenvalue weighted by Crippen LogP contribution is 2.43. The fourth-order valence-electron chi connectivity index (χ4n) is 4.11. The van der Waals surface area contributed by atoms with Gasteiger partial charge in [0.05, 0.1) is 5.41 Å². The minimum Gasteiger partial charge on any atom is -0.355 e. The van der Waals surface area contributed by atoms with Crippen molar-refractivity contribution in [2.24, 2.45) is 11.3 Å². The lowest BCUT2D eigenvalue weighted by atomic mass is 9.67. The Bertz CT molecular complexity index is 668. The van der Waals surface area contributed by atoms with Gasteiger partial charge in [0.15, 0.2) is 0 Å². The van der Waals surface area contributed by atoms with Crippen molar-refractivity contribution >= 4 is 41.5 Å². The van der Waals surface area contributed by atoms with Gasteiger partial charge < -0.3 is 16.0 Å². The van der Waals surface area contributed by atoms with E-state index in [1.165, 1.54) is 6.42 Å². The quantitative estimate of drug-likeness (QED) is 0.711. The van der Waals surface area contributed by atoms with Crippen molar-refractivity contribution < 1.29 is 9.59 Å². The van der Waals surface area contributed by atoms with Crippen molar-refractivity contribution in [3.63, 3.8) is 0 Å². The molecule has 1 aromatic rings. The molecule has 0 aromatic heterocycles. The molecule has 1 aromatic carbocycles. The van der Waals surface area contributed by atoms with E-state index in [9.17, 15) is 9.59 Å². The maximum Gasteiger partial charge on any atom is 0.227 e. The molecule has 7 heteroatoms. The zero-order chi connectivity index (χ0) is 17.9. The van der Waals surface area contributed by atoms with Crippen LogP contribution >= 0.6 is 24.0 Å². The minimum absolute atomic E-state index is 0. The monoisotopic (exact) mass is 399 g/mol. The topological polar surface area (TPSA) is 70.2 Å². The minimum atomic E-state index is -0.266. The molecule has 2 amide bonds. The van der Waals surface area contributed by atoms with E-state index in [0.29, 0.717) is 17.5 Å². The third kappa shape index (κ3) is 4.33. The molecule has 0 radical (unpaired) electrons. The van der Waals surface area contributed by atoms with Gasteiger partial charge in [0.1, 0.15) is 0 Å². The summed E-state index contributed by atoms with van der Waals surface area (Å²) in [5, 5.41) is 9.86. The van der Waals surface area contributed by atoms with E-state index in [1.807, 2.05) is 19.1 Å². The first kappa shape index (κ1) is 21.0. The predicted molar refractivity (Wildman–Crippen MR) is 107 cm³/mol. The van der Waals surface area contributed by atoms with Gasteiger partial charge in [-0.25, -0.2) is 0 Å². The number of fused-ring (bicyclic) bond motifs is 1. The van der Waals surface area contributed by atoms with Crippen LogP contribution in [0.1, 0.15) is 37.7 Å². The van der Waals surface area contributed by atoms with Gasteiger partial charge in [-0.05, 0) is 49.9 Å². The smallest absolute Gasteiger partial charge is 0.227 e. The normalized spacial score (nSPS) is 24.3. The molecule has 2 atom stereocenters. The fraction of sp³-hybridized carbons (Fsp3) is 0.579. The van der Waals surface area contributed by atoms with E-state index in [-0.39, 0.29) is 36.1 Å². The summed E-state index contributed by atoms with van der Waals surface area (Å²) in [6.45, 7) is 3.92. The summed E-state index contributed by atoms with van der Waals surface area (Å²) >= 11 is 6.07. The Labute approximate surface area is 166 Å². The summed E-state index contributed by atoms with van der Waals surface area (Å²) < 4.78 is 0. The van der Waals surface area contributed by atoms with Gasteiger partial charge in [0, 0.05) is 30.2 Å². The standard InChI is InChI=1S/C19H26ClN3O2.ClH/c1-13-15(20)6-4-7-16(13)23-17(24)8-10-22-18(25)19-9-3-2-5-14(19)11-21-12-19;/h4,6-7,14,21H,2-3,5,8-12H2,1H3,(H,22,25)(H,23,24);1H/t14-,19+;/m0./s1. The molecule has 1 aliphatic heterocycles. The third-order valence-corrected chi connectivity index (χ3v) is 6.08. The SMILES string of the molecule is Cc1c(Cl)cccc1NC(=O)CCNC(=O)[C@@]12CCCC[C@H]1CNC2.Cl. The van der Waals surface area contributed by atoms with E-state index < -0.39 is 0 Å². The van der Waals surface area contributed by atoms with Crippen molar-refractivity contribution in [3.8, 4) is 0 Å². The van der Waals surface area contributed by atoms with Crippen LogP contribution in [0.4, 0.5) is 5.69 Å². The number of halogens is 2. The van der Waals surface area contributed by atoms with Crippen molar-refractivity contribution in [2.75, 3.05) is 25.0 Å². The van der Waals surface area contributed by atoms with Crippen LogP contribution in [-0.4, -0.2) is 31.4 Å². The number of anilines is 1. The second-order valence-electron chi connectivity index (χ2n) is 7.20. The van der Waals surface area contributed by atoms with Crippen LogP contribution in [0.3, 0.4) is 0 Å². The summed E-state index contributed by atoms with van der Waals surface area (Å²) in [4.78, 5) is 24.9. The molecule has 1 aliphatic carbocycles. The van der Waals surface area contributed by atoms with Crippen molar-refractivity contribution in [2.45, 2.75) is 39.0 Å². The summed E-state index contributed by atoms with van der Waals surface area (Å²) in [7, 11) is 0. The number of nitrogens with one attached hydrogen (secondary N) is 3. The van der Waals surface area contributed by atoms with Crippen LogP contribution in [0, 0.1) is 18.3 Å². The van der Waals surface area contributed by atoms with Gasteiger partial charge >= 0.3 is 0 Å². The van der Waals surface area contributed by atoms with Gasteiger partial charge in [-0.2, -0.15) is 0 Å². The van der Waals surface area contributed by atoms with Crippen LogP contribution in [0.15, 0.2) is 18.2 Å². The lowest BCUT2D eigenvalue weighted by molar-refractivity contribution is -0.134. The molecule has 5 nitrogen and oxygen atoms in total. The highest BCUT2D eigenvalue weighted by molar-refractivity contribution is 6.31. The summed E-state index contributed by atoms with van der Waals surface area (Å²) in [6.07, 6.45) is 4.65. The molecular weight excluding hydrogens is 373 g/mol. The number of amides is 2. The predicted octanol–water partition coefficient (Wildman–Crippen LogP) is 3.29. The molecule has 0 bridgehead atoms. The zero-order valence-electron chi connectivity index (χ0n) is 15.1. The highest BCUT2D eigenvalue weighted by Gasteiger charge is 2.49. The van der Waals surface area contributed by atoms with Gasteiger partial charge in [-0.3, -0.25) is 9.59 Å². The maximum absolute atomic E-state index is 12.7. The number of hydrogen-bond donors (Lipinski definition) is 3. The molecule has 26 heavy (non-hydrogen) atoms. The molecule has 0 unspecified atom stereocenters. The number of carbonyl (C=O) groups is 2. The van der Waals surface area contributed by atoms with Crippen LogP contribution in [0.5, 0.6) is 0 Å². The average Bonchev–Trinajstić information content (AvgIpc) is 3.04. The second-order valence-corrected chi connectivity index (χ2v) is 7.60. The van der Waals surface area contributed by atoms with Gasteiger partial charge in [0.2, 0.25) is 11.8 Å². The molecule has 1 heterocycles. The first-order valence-electron chi connectivity index (χ1n) is 9.07. The summed E-state index contributed by atoms with van der Waals surface area (Å²) in [5.74, 6) is 0.422. The molecular formula is C19H27Cl2N3O2. The summed E-state index contributed by atoms with van der Waals surface area (Å²) in [6, 6.07) is 5.43. The van der Waals surface area contributed by atoms with Gasteiger partial charge in [-0.1, -0.05) is 30.5 Å². The van der Waals surface area contributed by atoms with Crippen molar-refractivity contribution in [1.82, 2.24) is 10.6 Å². The van der Waals surface area contributed by atoms with Crippen molar-refractivity contribution in [3.05, 3.63) is 28.8 Å². The van der Waals surface area contributed by atoms with Crippen LogP contribution in [0.2, 0.25) is 5.02 Å².